The lowest BCUT2D eigenvalue weighted by atomic mass is 10.1. The maximum Gasteiger partial charge on any atom is 0.259 e. The van der Waals surface area contributed by atoms with Crippen LogP contribution in [-0.4, -0.2) is 30.0 Å². The van der Waals surface area contributed by atoms with E-state index >= 15 is 0 Å². The van der Waals surface area contributed by atoms with Gasteiger partial charge in [0.25, 0.3) is 5.91 Å². The lowest BCUT2D eigenvalue weighted by Crippen LogP contribution is -2.41. The lowest BCUT2D eigenvalue weighted by Gasteiger charge is -2.30. The van der Waals surface area contributed by atoms with Crippen molar-refractivity contribution in [3.05, 3.63) is 64.6 Å². The highest BCUT2D eigenvalue weighted by atomic mass is 79.9. The van der Waals surface area contributed by atoms with E-state index in [1.165, 1.54) is 0 Å². The minimum absolute atomic E-state index is 0.00389. The van der Waals surface area contributed by atoms with Gasteiger partial charge in [0, 0.05) is 21.3 Å². The summed E-state index contributed by atoms with van der Waals surface area (Å²) in [6, 6.07) is 13.4. The van der Waals surface area contributed by atoms with E-state index in [9.17, 15) is 4.79 Å². The monoisotopic (exact) mass is 370 g/mol. The molecule has 2 heterocycles. The first-order valence-electron chi connectivity index (χ1n) is 7.44. The molecule has 0 radical (unpaired) electrons. The second-order valence-corrected chi connectivity index (χ2v) is 6.58. The molecule has 4 rings (SSSR count). The smallest absolute Gasteiger partial charge is 0.259 e. The Balaban J connectivity index is 1.53. The van der Waals surface area contributed by atoms with Crippen molar-refractivity contribution >= 4 is 33.2 Å². The Labute approximate surface area is 142 Å². The predicted molar refractivity (Wildman–Crippen MR) is 93.6 cm³/mol. The molecule has 0 saturated heterocycles. The SMILES string of the molecule is C=C1c2ccccc2C(=O)N1C[C@H]1CNc2cc(Br)ccc2O1. The largest absolute Gasteiger partial charge is 0.485 e. The van der Waals surface area contributed by atoms with Crippen molar-refractivity contribution in [2.45, 2.75) is 6.10 Å². The molecular weight excluding hydrogens is 356 g/mol. The maximum absolute atomic E-state index is 12.6. The fraction of sp³-hybridized carbons (Fsp3) is 0.167. The summed E-state index contributed by atoms with van der Waals surface area (Å²) in [7, 11) is 0. The van der Waals surface area contributed by atoms with Gasteiger partial charge in [-0.3, -0.25) is 4.79 Å². The molecule has 0 aliphatic carbocycles. The van der Waals surface area contributed by atoms with Crippen LogP contribution in [0.15, 0.2) is 53.5 Å². The Morgan fingerprint density at radius 2 is 2.04 bits per heavy atom. The summed E-state index contributed by atoms with van der Waals surface area (Å²) >= 11 is 3.45. The number of carbonyl (C=O) groups is 1. The average Bonchev–Trinajstić information content (AvgIpc) is 2.80. The summed E-state index contributed by atoms with van der Waals surface area (Å²) in [6.45, 7) is 5.20. The molecule has 5 heteroatoms. The number of hydrogen-bond donors (Lipinski definition) is 1. The molecule has 23 heavy (non-hydrogen) atoms. The van der Waals surface area contributed by atoms with E-state index in [0.29, 0.717) is 18.7 Å². The zero-order valence-corrected chi connectivity index (χ0v) is 14.0. The lowest BCUT2D eigenvalue weighted by molar-refractivity contribution is 0.0790. The molecule has 2 aromatic carbocycles. The van der Waals surface area contributed by atoms with Crippen molar-refractivity contribution in [3.8, 4) is 5.75 Å². The van der Waals surface area contributed by atoms with Crippen LogP contribution in [0.4, 0.5) is 5.69 Å². The summed E-state index contributed by atoms with van der Waals surface area (Å²) in [5.41, 5.74) is 3.33. The number of rotatable bonds is 2. The Hall–Kier alpha value is -2.27. The Morgan fingerprint density at radius 3 is 2.83 bits per heavy atom. The number of benzene rings is 2. The van der Waals surface area contributed by atoms with Crippen LogP contribution >= 0.6 is 15.9 Å². The number of ether oxygens (including phenoxy) is 1. The van der Waals surface area contributed by atoms with Gasteiger partial charge in [-0.1, -0.05) is 40.7 Å². The minimum atomic E-state index is -0.112. The van der Waals surface area contributed by atoms with Crippen LogP contribution in [0.25, 0.3) is 5.70 Å². The third kappa shape index (κ3) is 2.41. The van der Waals surface area contributed by atoms with Gasteiger partial charge in [0.15, 0.2) is 0 Å². The van der Waals surface area contributed by atoms with E-state index in [2.05, 4.69) is 27.8 Å². The fourth-order valence-electron chi connectivity index (χ4n) is 3.02. The highest BCUT2D eigenvalue weighted by Gasteiger charge is 2.33. The first-order valence-corrected chi connectivity index (χ1v) is 8.23. The molecule has 4 nitrogen and oxygen atoms in total. The quantitative estimate of drug-likeness (QED) is 0.875. The fourth-order valence-corrected chi connectivity index (χ4v) is 3.38. The van der Waals surface area contributed by atoms with E-state index in [1.54, 1.807) is 4.90 Å². The van der Waals surface area contributed by atoms with Crippen LogP contribution in [0.2, 0.25) is 0 Å². The standard InChI is InChI=1S/C18H15BrN2O2/c1-11-14-4-2-3-5-15(14)18(22)21(11)10-13-9-20-16-8-12(19)6-7-17(16)23-13/h2-8,13,20H,1,9-10H2/t13-/m1/s1. The molecule has 0 fully saturated rings. The molecule has 116 valence electrons. The molecule has 0 bridgehead atoms. The molecule has 0 aromatic heterocycles. The summed E-state index contributed by atoms with van der Waals surface area (Å²) in [6.07, 6.45) is -0.112. The molecule has 1 amide bonds. The summed E-state index contributed by atoms with van der Waals surface area (Å²) < 4.78 is 7.03. The van der Waals surface area contributed by atoms with Gasteiger partial charge in [0.1, 0.15) is 11.9 Å². The first-order chi connectivity index (χ1) is 11.1. The molecular formula is C18H15BrN2O2. The molecule has 2 aromatic rings. The van der Waals surface area contributed by atoms with E-state index in [-0.39, 0.29) is 12.0 Å². The molecule has 0 unspecified atom stereocenters. The number of nitrogens with zero attached hydrogens (tertiary/aromatic N) is 1. The van der Waals surface area contributed by atoms with Crippen molar-refractivity contribution < 1.29 is 9.53 Å². The first kappa shape index (κ1) is 14.3. The molecule has 1 N–H and O–H groups in total. The topological polar surface area (TPSA) is 41.6 Å². The van der Waals surface area contributed by atoms with Gasteiger partial charge in [-0.15, -0.1) is 0 Å². The van der Waals surface area contributed by atoms with Crippen LogP contribution in [0, 0.1) is 0 Å². The second kappa shape index (κ2) is 5.42. The van der Waals surface area contributed by atoms with Crippen LogP contribution in [0.5, 0.6) is 5.75 Å². The van der Waals surface area contributed by atoms with E-state index in [4.69, 9.17) is 4.74 Å². The van der Waals surface area contributed by atoms with Crippen molar-refractivity contribution in [2.24, 2.45) is 0 Å². The summed E-state index contributed by atoms with van der Waals surface area (Å²) in [4.78, 5) is 14.3. The number of fused-ring (bicyclic) bond motifs is 2. The number of amides is 1. The van der Waals surface area contributed by atoms with Gasteiger partial charge >= 0.3 is 0 Å². The van der Waals surface area contributed by atoms with Gasteiger partial charge in [0.05, 0.1) is 18.8 Å². The van der Waals surface area contributed by atoms with Gasteiger partial charge in [-0.2, -0.15) is 0 Å². The van der Waals surface area contributed by atoms with Crippen molar-refractivity contribution in [1.82, 2.24) is 4.90 Å². The van der Waals surface area contributed by atoms with E-state index in [0.717, 1.165) is 27.2 Å². The highest BCUT2D eigenvalue weighted by molar-refractivity contribution is 9.10. The van der Waals surface area contributed by atoms with Gasteiger partial charge < -0.3 is 15.0 Å². The second-order valence-electron chi connectivity index (χ2n) is 5.67. The number of anilines is 1. The third-order valence-electron chi connectivity index (χ3n) is 4.18. The Morgan fingerprint density at radius 1 is 1.26 bits per heavy atom. The average molecular weight is 371 g/mol. The van der Waals surface area contributed by atoms with Crippen LogP contribution in [-0.2, 0) is 0 Å². The number of nitrogens with one attached hydrogen (secondary N) is 1. The van der Waals surface area contributed by atoms with Gasteiger partial charge in [-0.05, 0) is 24.3 Å². The number of hydrogen-bond acceptors (Lipinski definition) is 3. The van der Waals surface area contributed by atoms with Crippen molar-refractivity contribution in [2.75, 3.05) is 18.4 Å². The number of halogens is 1. The van der Waals surface area contributed by atoms with E-state index < -0.39 is 0 Å². The van der Waals surface area contributed by atoms with Gasteiger partial charge in [-0.25, -0.2) is 0 Å². The summed E-state index contributed by atoms with van der Waals surface area (Å²) in [5.74, 6) is 0.801. The molecule has 2 aliphatic heterocycles. The molecule has 0 spiro atoms. The summed E-state index contributed by atoms with van der Waals surface area (Å²) in [5, 5.41) is 3.36. The van der Waals surface area contributed by atoms with Gasteiger partial charge in [0.2, 0.25) is 0 Å². The van der Waals surface area contributed by atoms with Crippen LogP contribution in [0.3, 0.4) is 0 Å². The number of carbonyl (C=O) groups excluding carboxylic acids is 1. The molecule has 0 saturated carbocycles. The van der Waals surface area contributed by atoms with Crippen molar-refractivity contribution in [1.29, 1.82) is 0 Å². The highest BCUT2D eigenvalue weighted by Crippen LogP contribution is 2.34. The normalized spacial score (nSPS) is 19.0. The zero-order chi connectivity index (χ0) is 16.0. The molecule has 1 atom stereocenters. The Bertz CT molecular complexity index is 783. The molecule has 2 aliphatic rings. The minimum Gasteiger partial charge on any atom is -0.485 e. The van der Waals surface area contributed by atoms with Crippen LogP contribution in [0.1, 0.15) is 15.9 Å². The zero-order valence-electron chi connectivity index (χ0n) is 12.4. The van der Waals surface area contributed by atoms with Crippen molar-refractivity contribution in [3.63, 3.8) is 0 Å². The Kier molecular flexibility index (Phi) is 3.38. The maximum atomic E-state index is 12.6. The predicted octanol–water partition coefficient (Wildman–Crippen LogP) is 3.75. The van der Waals surface area contributed by atoms with E-state index in [1.807, 2.05) is 42.5 Å². The van der Waals surface area contributed by atoms with Crippen LogP contribution < -0.4 is 10.1 Å². The third-order valence-corrected chi connectivity index (χ3v) is 4.67.